The van der Waals surface area contributed by atoms with E-state index in [4.69, 9.17) is 4.74 Å². The summed E-state index contributed by atoms with van der Waals surface area (Å²) in [4.78, 5) is 12.2. The Morgan fingerprint density at radius 1 is 1.82 bits per heavy atom. The van der Waals surface area contributed by atoms with E-state index in [9.17, 15) is 9.90 Å². The van der Waals surface area contributed by atoms with Gasteiger partial charge in [-0.05, 0) is 0 Å². The molecule has 0 aromatic carbocycles. The zero-order chi connectivity index (χ0) is 8.43. The summed E-state index contributed by atoms with van der Waals surface area (Å²) in [7, 11) is 3.07. The van der Waals surface area contributed by atoms with Crippen molar-refractivity contribution < 1.29 is 14.6 Å². The maximum atomic E-state index is 10.9. The van der Waals surface area contributed by atoms with Crippen molar-refractivity contribution in [1.82, 2.24) is 4.90 Å². The lowest BCUT2D eigenvalue weighted by atomic mass is 10.3. The minimum absolute atomic E-state index is 0.176. The number of ether oxygens (including phenoxy) is 1. The molecule has 4 nitrogen and oxygen atoms in total. The van der Waals surface area contributed by atoms with Crippen molar-refractivity contribution in [2.24, 2.45) is 0 Å². The molecule has 11 heavy (non-hydrogen) atoms. The van der Waals surface area contributed by atoms with Crippen LogP contribution in [-0.4, -0.2) is 42.9 Å². The number of hydrogen-bond acceptors (Lipinski definition) is 3. The normalized spacial score (nSPS) is 24.3. The summed E-state index contributed by atoms with van der Waals surface area (Å²) >= 11 is 0. The molecule has 0 bridgehead atoms. The van der Waals surface area contributed by atoms with Crippen LogP contribution >= 0.6 is 0 Å². The molecule has 1 unspecified atom stereocenters. The summed E-state index contributed by atoms with van der Waals surface area (Å²) in [6, 6.07) is 0. The summed E-state index contributed by atoms with van der Waals surface area (Å²) in [5, 5.41) is 9.32. The lowest BCUT2D eigenvalue weighted by Gasteiger charge is -2.16. The van der Waals surface area contributed by atoms with Crippen LogP contribution in [0.25, 0.3) is 0 Å². The Morgan fingerprint density at radius 2 is 2.45 bits per heavy atom. The van der Waals surface area contributed by atoms with Crippen molar-refractivity contribution >= 4 is 5.91 Å². The predicted octanol–water partition coefficient (Wildman–Crippen LogP) is -0.650. The number of likely N-dealkylation sites (N-methyl/N-ethyl adjacent to an activating group) is 1. The maximum absolute atomic E-state index is 10.9. The highest BCUT2D eigenvalue weighted by molar-refractivity contribution is 5.91. The van der Waals surface area contributed by atoms with Gasteiger partial charge in [-0.2, -0.15) is 0 Å². The molecule has 4 heteroatoms. The van der Waals surface area contributed by atoms with Crippen LogP contribution in [0.5, 0.6) is 0 Å². The summed E-state index contributed by atoms with van der Waals surface area (Å²) in [6.07, 6.45) is 0.594. The van der Waals surface area contributed by atoms with Crippen molar-refractivity contribution in [3.63, 3.8) is 0 Å². The highest BCUT2D eigenvalue weighted by Gasteiger charge is 2.27. The molecule has 0 aliphatic carbocycles. The third kappa shape index (κ3) is 1.41. The van der Waals surface area contributed by atoms with Gasteiger partial charge in [0.2, 0.25) is 5.91 Å². The fourth-order valence-electron chi connectivity index (χ4n) is 0.987. The van der Waals surface area contributed by atoms with Crippen LogP contribution in [0.3, 0.4) is 0 Å². The molecule has 1 aliphatic rings. The van der Waals surface area contributed by atoms with Crippen LogP contribution in [0.1, 0.15) is 0 Å². The van der Waals surface area contributed by atoms with Gasteiger partial charge in [-0.1, -0.05) is 0 Å². The molecular weight excluding hydrogens is 146 g/mol. The first-order valence-corrected chi connectivity index (χ1v) is 3.31. The van der Waals surface area contributed by atoms with E-state index in [2.05, 4.69) is 0 Å². The van der Waals surface area contributed by atoms with Gasteiger partial charge >= 0.3 is 0 Å². The van der Waals surface area contributed by atoms with Gasteiger partial charge in [-0.3, -0.25) is 4.79 Å². The van der Waals surface area contributed by atoms with Gasteiger partial charge in [0.1, 0.15) is 0 Å². The van der Waals surface area contributed by atoms with Gasteiger partial charge in [0, 0.05) is 25.8 Å². The quantitative estimate of drug-likeness (QED) is 0.579. The van der Waals surface area contributed by atoms with E-state index >= 15 is 0 Å². The smallest absolute Gasteiger partial charge is 0.248 e. The van der Waals surface area contributed by atoms with Gasteiger partial charge in [0.05, 0.1) is 6.61 Å². The van der Waals surface area contributed by atoms with Gasteiger partial charge in [-0.15, -0.1) is 0 Å². The lowest BCUT2D eigenvalue weighted by Crippen LogP contribution is -2.31. The maximum Gasteiger partial charge on any atom is 0.248 e. The monoisotopic (exact) mass is 157 g/mol. The summed E-state index contributed by atoms with van der Waals surface area (Å²) in [5.74, 6) is -0.176. The number of hydrogen-bond donors (Lipinski definition) is 1. The van der Waals surface area contributed by atoms with Crippen LogP contribution in [0.4, 0.5) is 0 Å². The zero-order valence-corrected chi connectivity index (χ0v) is 6.57. The number of aliphatic hydroxyl groups is 1. The molecule has 0 fully saturated rings. The number of carbonyl (C=O) groups is 1. The molecule has 0 saturated carbocycles. The molecule has 1 heterocycles. The molecule has 0 aromatic heterocycles. The minimum atomic E-state index is -0.803. The van der Waals surface area contributed by atoms with Crippen molar-refractivity contribution in [2.45, 2.75) is 6.23 Å². The third-order valence-electron chi connectivity index (χ3n) is 1.67. The lowest BCUT2D eigenvalue weighted by molar-refractivity contribution is -0.129. The van der Waals surface area contributed by atoms with Crippen LogP contribution < -0.4 is 0 Å². The number of rotatable bonds is 2. The second kappa shape index (κ2) is 3.02. The summed E-state index contributed by atoms with van der Waals surface area (Å²) in [5.41, 5.74) is 0.611. The van der Waals surface area contributed by atoms with E-state index < -0.39 is 6.23 Å². The van der Waals surface area contributed by atoms with Gasteiger partial charge in [0.25, 0.3) is 0 Å². The fourth-order valence-corrected chi connectivity index (χ4v) is 0.987. The van der Waals surface area contributed by atoms with Crippen LogP contribution in [-0.2, 0) is 9.53 Å². The number of methoxy groups -OCH3 is 1. The molecule has 1 rings (SSSR count). The topological polar surface area (TPSA) is 49.8 Å². The average Bonchev–Trinajstić information content (AvgIpc) is 2.19. The van der Waals surface area contributed by atoms with Gasteiger partial charge in [-0.25, -0.2) is 0 Å². The molecule has 0 aromatic rings. The number of carbonyl (C=O) groups excluding carboxylic acids is 1. The van der Waals surface area contributed by atoms with E-state index in [-0.39, 0.29) is 5.91 Å². The Bertz CT molecular complexity index is 200. The fraction of sp³-hybridized carbons (Fsp3) is 0.571. The summed E-state index contributed by atoms with van der Waals surface area (Å²) < 4.78 is 4.79. The Labute approximate surface area is 65.1 Å². The van der Waals surface area contributed by atoms with Crippen molar-refractivity contribution in [1.29, 1.82) is 0 Å². The summed E-state index contributed by atoms with van der Waals surface area (Å²) in [6.45, 7) is 0.303. The first kappa shape index (κ1) is 8.23. The number of nitrogens with zero attached hydrogens (tertiary/aromatic N) is 1. The van der Waals surface area contributed by atoms with E-state index in [0.717, 1.165) is 0 Å². The number of amides is 1. The highest BCUT2D eigenvalue weighted by Crippen LogP contribution is 2.14. The van der Waals surface area contributed by atoms with E-state index in [1.54, 1.807) is 7.05 Å². The molecule has 0 spiro atoms. The third-order valence-corrected chi connectivity index (χ3v) is 1.67. The van der Waals surface area contributed by atoms with Crippen LogP contribution in [0.15, 0.2) is 11.6 Å². The first-order chi connectivity index (χ1) is 5.16. The molecule has 1 aliphatic heterocycles. The molecule has 1 N–H and O–H groups in total. The molecule has 1 atom stereocenters. The Hall–Kier alpha value is -0.870. The zero-order valence-electron chi connectivity index (χ0n) is 6.57. The highest BCUT2D eigenvalue weighted by atomic mass is 16.5. The molecular formula is C7H11NO3. The average molecular weight is 157 g/mol. The first-order valence-electron chi connectivity index (χ1n) is 3.31. The second-order valence-electron chi connectivity index (χ2n) is 2.48. The van der Waals surface area contributed by atoms with Crippen molar-refractivity contribution in [3.8, 4) is 0 Å². The Balaban J connectivity index is 2.67. The molecule has 1 amide bonds. The number of aliphatic hydroxyl groups excluding tert-OH is 1. The molecule has 0 radical (unpaired) electrons. The van der Waals surface area contributed by atoms with Crippen molar-refractivity contribution in [3.05, 3.63) is 11.6 Å². The second-order valence-corrected chi connectivity index (χ2v) is 2.48. The van der Waals surface area contributed by atoms with E-state index in [1.165, 1.54) is 18.1 Å². The molecule has 62 valence electrons. The minimum Gasteiger partial charge on any atom is -0.380 e. The Morgan fingerprint density at radius 3 is 2.82 bits per heavy atom. The SMILES string of the molecule is COCC1=CC(=O)N(C)C1O. The predicted molar refractivity (Wildman–Crippen MR) is 38.7 cm³/mol. The van der Waals surface area contributed by atoms with Crippen LogP contribution in [0, 0.1) is 0 Å². The van der Waals surface area contributed by atoms with E-state index in [0.29, 0.717) is 12.2 Å². The van der Waals surface area contributed by atoms with Crippen molar-refractivity contribution in [2.75, 3.05) is 20.8 Å². The van der Waals surface area contributed by atoms with Gasteiger partial charge in [0.15, 0.2) is 6.23 Å². The van der Waals surface area contributed by atoms with Crippen LogP contribution in [0.2, 0.25) is 0 Å². The van der Waals surface area contributed by atoms with Gasteiger partial charge < -0.3 is 14.7 Å². The molecule has 0 saturated heterocycles. The van der Waals surface area contributed by atoms with E-state index in [1.807, 2.05) is 0 Å². The Kier molecular flexibility index (Phi) is 2.26. The largest absolute Gasteiger partial charge is 0.380 e. The standard InChI is InChI=1S/C7H11NO3/c1-8-6(9)3-5(4-11-2)7(8)10/h3,7,10H,4H2,1-2H3.